The smallest absolute Gasteiger partial charge is 0.358 e. The van der Waals surface area contributed by atoms with E-state index in [0.717, 1.165) is 17.0 Å². The van der Waals surface area contributed by atoms with Crippen molar-refractivity contribution in [2.75, 3.05) is 6.61 Å². The number of carbonyl (C=O) groups is 2. The summed E-state index contributed by atoms with van der Waals surface area (Å²) in [5.74, 6) is -1.16. The molecule has 0 saturated heterocycles. The van der Waals surface area contributed by atoms with Gasteiger partial charge in [0.15, 0.2) is 12.3 Å². The van der Waals surface area contributed by atoms with Gasteiger partial charge in [0.1, 0.15) is 0 Å². The summed E-state index contributed by atoms with van der Waals surface area (Å²) in [5, 5.41) is 0.0128. The van der Waals surface area contributed by atoms with Gasteiger partial charge >= 0.3 is 5.97 Å². The molecule has 3 aromatic rings. The highest BCUT2D eigenvalue weighted by Crippen LogP contribution is 2.31. The Hall–Kier alpha value is -2.34. The predicted molar refractivity (Wildman–Crippen MR) is 113 cm³/mol. The molecular weight excluding hydrogens is 435 g/mol. The van der Waals surface area contributed by atoms with Crippen LogP contribution in [0.5, 0.6) is 0 Å². The lowest BCUT2D eigenvalue weighted by Gasteiger charge is -2.10. The van der Waals surface area contributed by atoms with Gasteiger partial charge in [0.2, 0.25) is 5.78 Å². The van der Waals surface area contributed by atoms with Crippen LogP contribution in [-0.4, -0.2) is 27.9 Å². The number of ether oxygens (including phenoxy) is 1. The van der Waals surface area contributed by atoms with E-state index in [-0.39, 0.29) is 26.5 Å². The molecule has 0 spiro atoms. The van der Waals surface area contributed by atoms with Crippen LogP contribution in [0.3, 0.4) is 0 Å². The van der Waals surface area contributed by atoms with E-state index in [1.807, 2.05) is 48.7 Å². The van der Waals surface area contributed by atoms with Crippen molar-refractivity contribution in [1.29, 1.82) is 0 Å². The summed E-state index contributed by atoms with van der Waals surface area (Å²) in [7, 11) is 0. The van der Waals surface area contributed by atoms with Crippen molar-refractivity contribution in [2.24, 2.45) is 0 Å². The van der Waals surface area contributed by atoms with E-state index < -0.39 is 12.6 Å². The largest absolute Gasteiger partial charge is 0.453 e. The maximum absolute atomic E-state index is 12.6. The molecule has 0 N–H and O–H groups in total. The molecule has 2 aromatic heterocycles. The summed E-state index contributed by atoms with van der Waals surface area (Å²) in [6, 6.07) is 11.7. The first-order chi connectivity index (χ1) is 13.8. The molecule has 0 aliphatic rings. The Balaban J connectivity index is 1.72. The number of rotatable bonds is 6. The first kappa shape index (κ1) is 21.4. The van der Waals surface area contributed by atoms with Crippen molar-refractivity contribution >= 4 is 46.6 Å². The molecule has 3 rings (SSSR count). The Labute approximate surface area is 183 Å². The lowest BCUT2D eigenvalue weighted by Crippen LogP contribution is -2.16. The first-order valence-electron chi connectivity index (χ1n) is 8.70. The third kappa shape index (κ3) is 4.64. The fourth-order valence-electron chi connectivity index (χ4n) is 2.96. The summed E-state index contributed by atoms with van der Waals surface area (Å²) in [4.78, 5) is 28.7. The van der Waals surface area contributed by atoms with Crippen molar-refractivity contribution in [1.82, 2.24) is 9.55 Å². The quantitative estimate of drug-likeness (QED) is 0.364. The summed E-state index contributed by atoms with van der Waals surface area (Å²) >= 11 is 17.7. The maximum Gasteiger partial charge on any atom is 0.358 e. The number of aromatic nitrogens is 2. The third-order valence-corrected chi connectivity index (χ3v) is 5.74. The highest BCUT2D eigenvalue weighted by molar-refractivity contribution is 6.48. The predicted octanol–water partition coefficient (Wildman–Crippen LogP) is 5.55. The van der Waals surface area contributed by atoms with Crippen LogP contribution in [0, 0.1) is 13.8 Å². The second kappa shape index (κ2) is 8.99. The third-order valence-electron chi connectivity index (χ3n) is 4.50. The standard InChI is InChI=1S/C21H17Cl3N2O3/c1-12-8-15(13(2)26(12)10-14-6-4-3-5-7-14)17(27)11-29-21(28)20-19(24)18(23)16(22)9-25-20/h3-9H,10-11H2,1-2H3. The Morgan fingerprint density at radius 2 is 1.76 bits per heavy atom. The van der Waals surface area contributed by atoms with Crippen molar-refractivity contribution in [2.45, 2.75) is 20.4 Å². The zero-order valence-electron chi connectivity index (χ0n) is 15.7. The zero-order chi connectivity index (χ0) is 21.1. The van der Waals surface area contributed by atoms with Crippen LogP contribution in [0.15, 0.2) is 42.6 Å². The van der Waals surface area contributed by atoms with Gasteiger partial charge in [0, 0.05) is 29.7 Å². The van der Waals surface area contributed by atoms with Crippen molar-refractivity contribution in [3.8, 4) is 0 Å². The van der Waals surface area contributed by atoms with E-state index in [1.54, 1.807) is 6.07 Å². The fourth-order valence-corrected chi connectivity index (χ4v) is 3.51. The van der Waals surface area contributed by atoms with E-state index in [9.17, 15) is 9.59 Å². The van der Waals surface area contributed by atoms with Crippen molar-refractivity contribution in [3.05, 3.63) is 85.9 Å². The molecule has 0 saturated carbocycles. The molecule has 8 heteroatoms. The number of carbonyl (C=O) groups excluding carboxylic acids is 2. The summed E-state index contributed by atoms with van der Waals surface area (Å²) in [6.45, 7) is 4.00. The number of ketones is 1. The van der Waals surface area contributed by atoms with Gasteiger partial charge in [0.25, 0.3) is 0 Å². The minimum Gasteiger partial charge on any atom is -0.453 e. The minimum absolute atomic E-state index is 0.00562. The van der Waals surface area contributed by atoms with E-state index in [1.165, 1.54) is 6.20 Å². The average Bonchev–Trinajstić information content (AvgIpc) is 2.99. The van der Waals surface area contributed by atoms with E-state index in [2.05, 4.69) is 4.98 Å². The number of Topliss-reactive ketones (excluding diaryl/α,β-unsaturated/α-hetero) is 1. The Kier molecular flexibility index (Phi) is 6.63. The van der Waals surface area contributed by atoms with Gasteiger partial charge in [-0.05, 0) is 25.5 Å². The Morgan fingerprint density at radius 1 is 1.07 bits per heavy atom. The molecule has 0 aliphatic carbocycles. The van der Waals surface area contributed by atoms with E-state index >= 15 is 0 Å². The molecular formula is C21H17Cl3N2O3. The topological polar surface area (TPSA) is 61.2 Å². The summed E-state index contributed by atoms with van der Waals surface area (Å²) in [5.41, 5.74) is 3.18. The molecule has 0 bridgehead atoms. The molecule has 0 radical (unpaired) electrons. The van der Waals surface area contributed by atoms with Crippen LogP contribution in [0.4, 0.5) is 0 Å². The van der Waals surface area contributed by atoms with Crippen LogP contribution in [0.25, 0.3) is 0 Å². The van der Waals surface area contributed by atoms with E-state index in [0.29, 0.717) is 12.1 Å². The normalized spacial score (nSPS) is 10.8. The van der Waals surface area contributed by atoms with Gasteiger partial charge in [-0.25, -0.2) is 9.78 Å². The second-order valence-corrected chi connectivity index (χ2v) is 7.60. The van der Waals surface area contributed by atoms with Gasteiger partial charge in [-0.15, -0.1) is 0 Å². The molecule has 2 heterocycles. The Morgan fingerprint density at radius 3 is 2.45 bits per heavy atom. The monoisotopic (exact) mass is 450 g/mol. The number of nitrogens with zero attached hydrogens (tertiary/aromatic N) is 2. The molecule has 150 valence electrons. The maximum atomic E-state index is 12.6. The molecule has 0 unspecified atom stereocenters. The molecule has 0 atom stereocenters. The first-order valence-corrected chi connectivity index (χ1v) is 9.83. The number of aryl methyl sites for hydroxylation is 1. The van der Waals surface area contributed by atoms with Gasteiger partial charge in [-0.3, -0.25) is 4.79 Å². The highest BCUT2D eigenvalue weighted by Gasteiger charge is 2.21. The van der Waals surface area contributed by atoms with Crippen LogP contribution in [0.2, 0.25) is 15.1 Å². The number of hydrogen-bond donors (Lipinski definition) is 0. The molecule has 29 heavy (non-hydrogen) atoms. The Bertz CT molecular complexity index is 1080. The van der Waals surface area contributed by atoms with Crippen molar-refractivity contribution in [3.63, 3.8) is 0 Å². The number of halogens is 3. The van der Waals surface area contributed by atoms with Gasteiger partial charge < -0.3 is 9.30 Å². The fraction of sp³-hybridized carbons (Fsp3) is 0.190. The number of hydrogen-bond acceptors (Lipinski definition) is 4. The minimum atomic E-state index is -0.847. The number of pyridine rings is 1. The van der Waals surface area contributed by atoms with Gasteiger partial charge in [0.05, 0.1) is 15.1 Å². The number of benzene rings is 1. The average molecular weight is 452 g/mol. The lowest BCUT2D eigenvalue weighted by molar-refractivity contribution is 0.0469. The second-order valence-electron chi connectivity index (χ2n) is 6.44. The highest BCUT2D eigenvalue weighted by atomic mass is 35.5. The number of esters is 1. The molecule has 0 amide bonds. The van der Waals surface area contributed by atoms with E-state index in [4.69, 9.17) is 39.5 Å². The zero-order valence-corrected chi connectivity index (χ0v) is 18.0. The van der Waals surface area contributed by atoms with Crippen LogP contribution < -0.4 is 0 Å². The summed E-state index contributed by atoms with van der Waals surface area (Å²) in [6.07, 6.45) is 1.20. The van der Waals surface area contributed by atoms with Crippen molar-refractivity contribution < 1.29 is 14.3 Å². The summed E-state index contributed by atoms with van der Waals surface area (Å²) < 4.78 is 7.14. The van der Waals surface area contributed by atoms with Crippen LogP contribution >= 0.6 is 34.8 Å². The molecule has 0 fully saturated rings. The van der Waals surface area contributed by atoms with Crippen LogP contribution in [-0.2, 0) is 11.3 Å². The van der Waals surface area contributed by atoms with Crippen LogP contribution in [0.1, 0.15) is 37.8 Å². The molecule has 5 nitrogen and oxygen atoms in total. The SMILES string of the molecule is Cc1cc(C(=O)COC(=O)c2ncc(Cl)c(Cl)c2Cl)c(C)n1Cc1ccccc1. The molecule has 0 aliphatic heterocycles. The molecule has 1 aromatic carbocycles. The van der Waals surface area contributed by atoms with Gasteiger partial charge in [-0.2, -0.15) is 0 Å². The van der Waals surface area contributed by atoms with Gasteiger partial charge in [-0.1, -0.05) is 65.1 Å². The lowest BCUT2D eigenvalue weighted by atomic mass is 10.1.